The first-order valence-corrected chi connectivity index (χ1v) is 12.0. The van der Waals surface area contributed by atoms with E-state index in [9.17, 15) is 14.7 Å². The number of carbonyl (C=O) groups is 2. The van der Waals surface area contributed by atoms with Crippen LogP contribution in [0.15, 0.2) is 60.7 Å². The number of aryl methyl sites for hydroxylation is 1. The third-order valence-corrected chi connectivity index (χ3v) is 6.89. The molecule has 1 aliphatic heterocycles. The number of aliphatic hydroxyl groups is 1. The highest BCUT2D eigenvalue weighted by molar-refractivity contribution is 5.96. The maximum Gasteiger partial charge on any atom is 0.251 e. The number of ether oxygens (including phenoxy) is 2. The lowest BCUT2D eigenvalue weighted by atomic mass is 9.87. The largest absolute Gasteiger partial charge is 0.454 e. The van der Waals surface area contributed by atoms with Crippen LogP contribution in [0, 0.1) is 6.92 Å². The van der Waals surface area contributed by atoms with Crippen molar-refractivity contribution < 1.29 is 24.2 Å². The zero-order valence-corrected chi connectivity index (χ0v) is 20.0. The van der Waals surface area contributed by atoms with E-state index in [-0.39, 0.29) is 25.0 Å². The van der Waals surface area contributed by atoms with Gasteiger partial charge in [0.2, 0.25) is 6.79 Å². The zero-order valence-electron chi connectivity index (χ0n) is 20.0. The molecule has 0 spiro atoms. The summed E-state index contributed by atoms with van der Waals surface area (Å²) in [6.45, 7) is 4.10. The van der Waals surface area contributed by atoms with E-state index in [1.165, 1.54) is 0 Å². The number of hydrogen-bond donors (Lipinski definition) is 2. The molecular weight excluding hydrogens is 442 g/mol. The average Bonchev–Trinajstić information content (AvgIpc) is 3.54. The minimum atomic E-state index is -0.592. The molecule has 3 aromatic rings. The van der Waals surface area contributed by atoms with Gasteiger partial charge in [-0.2, -0.15) is 0 Å². The summed E-state index contributed by atoms with van der Waals surface area (Å²) in [4.78, 5) is 25.7. The Labute approximate surface area is 204 Å². The standard InChI is InChI=1S/C29H29NO5/c1-18-3-4-20(13-24(18)21-5-7-22(8-6-21)28(33)30-16-19(2)31)14-27(32)29(11-12-29)23-9-10-25-26(15-23)35-17-34-25/h3-10,13,15,19,31H,11-12,14,16-17H2,1-2H3,(H,30,33)/t19-/m1/s1. The van der Waals surface area contributed by atoms with Crippen molar-refractivity contribution in [2.45, 2.75) is 44.6 Å². The van der Waals surface area contributed by atoms with Crippen LogP contribution in [0.3, 0.4) is 0 Å². The number of rotatable bonds is 8. The van der Waals surface area contributed by atoms with Gasteiger partial charge >= 0.3 is 0 Å². The van der Waals surface area contributed by atoms with E-state index in [1.807, 2.05) is 49.4 Å². The van der Waals surface area contributed by atoms with Gasteiger partial charge in [-0.05, 0) is 78.8 Å². The van der Waals surface area contributed by atoms with Gasteiger partial charge in [0.25, 0.3) is 5.91 Å². The highest BCUT2D eigenvalue weighted by Gasteiger charge is 2.50. The molecular formula is C29H29NO5. The van der Waals surface area contributed by atoms with Crippen LogP contribution in [-0.2, 0) is 16.6 Å². The van der Waals surface area contributed by atoms with Crippen LogP contribution in [-0.4, -0.2) is 36.2 Å². The fourth-order valence-electron chi connectivity index (χ4n) is 4.64. The molecule has 6 heteroatoms. The van der Waals surface area contributed by atoms with Gasteiger partial charge in [-0.1, -0.05) is 36.4 Å². The van der Waals surface area contributed by atoms with Crippen molar-refractivity contribution >= 4 is 11.7 Å². The van der Waals surface area contributed by atoms with Gasteiger partial charge in [0.1, 0.15) is 5.78 Å². The Morgan fingerprint density at radius 3 is 2.46 bits per heavy atom. The molecule has 0 radical (unpaired) electrons. The van der Waals surface area contributed by atoms with Crippen LogP contribution >= 0.6 is 0 Å². The zero-order chi connectivity index (χ0) is 24.6. The average molecular weight is 472 g/mol. The van der Waals surface area contributed by atoms with Crippen molar-refractivity contribution in [3.63, 3.8) is 0 Å². The lowest BCUT2D eigenvalue weighted by Gasteiger charge is -2.16. The fraction of sp³-hybridized carbons (Fsp3) is 0.310. The molecule has 1 atom stereocenters. The van der Waals surface area contributed by atoms with E-state index in [0.29, 0.717) is 17.7 Å². The second-order valence-corrected chi connectivity index (χ2v) is 9.54. The molecule has 0 unspecified atom stereocenters. The molecule has 180 valence electrons. The number of Topliss-reactive ketones (excluding diaryl/α,β-unsaturated/α-hetero) is 1. The number of hydrogen-bond acceptors (Lipinski definition) is 5. The summed E-state index contributed by atoms with van der Waals surface area (Å²) in [5, 5.41) is 12.1. The number of fused-ring (bicyclic) bond motifs is 1. The number of carbonyl (C=O) groups excluding carboxylic acids is 2. The minimum Gasteiger partial charge on any atom is -0.454 e. The molecule has 35 heavy (non-hydrogen) atoms. The monoisotopic (exact) mass is 471 g/mol. The Balaban J connectivity index is 1.32. The summed E-state index contributed by atoms with van der Waals surface area (Å²) in [5.74, 6) is 1.44. The van der Waals surface area contributed by atoms with Gasteiger partial charge in [-0.15, -0.1) is 0 Å². The van der Waals surface area contributed by atoms with E-state index in [1.54, 1.807) is 19.1 Å². The number of benzene rings is 3. The van der Waals surface area contributed by atoms with Crippen LogP contribution in [0.1, 0.15) is 46.8 Å². The molecule has 5 rings (SSSR count). The molecule has 0 aromatic heterocycles. The Bertz CT molecular complexity index is 1270. The van der Waals surface area contributed by atoms with E-state index in [4.69, 9.17) is 9.47 Å². The second kappa shape index (κ2) is 9.19. The lowest BCUT2D eigenvalue weighted by Crippen LogP contribution is -2.30. The van der Waals surface area contributed by atoms with Crippen molar-refractivity contribution in [3.8, 4) is 22.6 Å². The normalized spacial score (nSPS) is 16.0. The van der Waals surface area contributed by atoms with Crippen LogP contribution in [0.4, 0.5) is 0 Å². The maximum atomic E-state index is 13.4. The highest BCUT2D eigenvalue weighted by Crippen LogP contribution is 2.51. The first-order chi connectivity index (χ1) is 16.9. The van der Waals surface area contributed by atoms with Crippen LogP contribution in [0.5, 0.6) is 11.5 Å². The summed E-state index contributed by atoms with van der Waals surface area (Å²) in [6, 6.07) is 19.4. The smallest absolute Gasteiger partial charge is 0.251 e. The Morgan fingerprint density at radius 2 is 1.74 bits per heavy atom. The van der Waals surface area contributed by atoms with E-state index >= 15 is 0 Å². The second-order valence-electron chi connectivity index (χ2n) is 9.54. The quantitative estimate of drug-likeness (QED) is 0.510. The van der Waals surface area contributed by atoms with Gasteiger partial charge in [0.05, 0.1) is 11.5 Å². The minimum absolute atomic E-state index is 0.212. The summed E-state index contributed by atoms with van der Waals surface area (Å²) < 4.78 is 10.9. The third-order valence-electron chi connectivity index (χ3n) is 6.89. The summed E-state index contributed by atoms with van der Waals surface area (Å²) in [7, 11) is 0. The Hall–Kier alpha value is -3.64. The highest BCUT2D eigenvalue weighted by atomic mass is 16.7. The molecule has 2 N–H and O–H groups in total. The molecule has 3 aromatic carbocycles. The summed E-state index contributed by atoms with van der Waals surface area (Å²) in [5.41, 5.74) is 5.21. The molecule has 1 aliphatic carbocycles. The predicted octanol–water partition coefficient (Wildman–Crippen LogP) is 4.34. The van der Waals surface area contributed by atoms with Gasteiger partial charge < -0.3 is 19.9 Å². The van der Waals surface area contributed by atoms with E-state index in [2.05, 4.69) is 11.4 Å². The number of aliphatic hydroxyl groups excluding tert-OH is 1. The fourth-order valence-corrected chi connectivity index (χ4v) is 4.64. The van der Waals surface area contributed by atoms with Crippen LogP contribution in [0.25, 0.3) is 11.1 Å². The summed E-state index contributed by atoms with van der Waals surface area (Å²) in [6.07, 6.45) is 1.47. The maximum absolute atomic E-state index is 13.4. The van der Waals surface area contributed by atoms with Gasteiger partial charge in [0.15, 0.2) is 11.5 Å². The number of amides is 1. The molecule has 0 bridgehead atoms. The van der Waals surface area contributed by atoms with Crippen molar-refractivity contribution in [2.75, 3.05) is 13.3 Å². The van der Waals surface area contributed by atoms with Crippen LogP contribution < -0.4 is 14.8 Å². The van der Waals surface area contributed by atoms with E-state index in [0.717, 1.165) is 46.4 Å². The Morgan fingerprint density at radius 1 is 1.00 bits per heavy atom. The first kappa shape index (κ1) is 23.1. The predicted molar refractivity (Wildman–Crippen MR) is 133 cm³/mol. The van der Waals surface area contributed by atoms with Crippen molar-refractivity contribution in [1.29, 1.82) is 0 Å². The SMILES string of the molecule is Cc1ccc(CC(=O)C2(c3ccc4c(c3)OCO4)CC2)cc1-c1ccc(C(=O)NC[C@@H](C)O)cc1. The summed E-state index contributed by atoms with van der Waals surface area (Å²) >= 11 is 0. The van der Waals surface area contributed by atoms with Crippen molar-refractivity contribution in [2.24, 2.45) is 0 Å². The van der Waals surface area contributed by atoms with Crippen LogP contribution in [0.2, 0.25) is 0 Å². The number of nitrogens with one attached hydrogen (secondary N) is 1. The molecule has 1 heterocycles. The molecule has 1 fully saturated rings. The topological polar surface area (TPSA) is 84.9 Å². The third kappa shape index (κ3) is 4.66. The Kier molecular flexibility index (Phi) is 6.07. The lowest BCUT2D eigenvalue weighted by molar-refractivity contribution is -0.120. The molecule has 6 nitrogen and oxygen atoms in total. The van der Waals surface area contributed by atoms with Gasteiger partial charge in [-0.3, -0.25) is 9.59 Å². The van der Waals surface area contributed by atoms with Crippen molar-refractivity contribution in [3.05, 3.63) is 82.9 Å². The molecule has 1 saturated carbocycles. The first-order valence-electron chi connectivity index (χ1n) is 12.0. The van der Waals surface area contributed by atoms with Gasteiger partial charge in [0, 0.05) is 18.5 Å². The van der Waals surface area contributed by atoms with Gasteiger partial charge in [-0.25, -0.2) is 0 Å². The van der Waals surface area contributed by atoms with Crippen molar-refractivity contribution in [1.82, 2.24) is 5.32 Å². The molecule has 1 amide bonds. The molecule has 0 saturated heterocycles. The number of ketones is 1. The molecule has 2 aliphatic rings. The van der Waals surface area contributed by atoms with E-state index < -0.39 is 11.5 Å².